The van der Waals surface area contributed by atoms with Crippen molar-refractivity contribution in [3.05, 3.63) is 0 Å². The second kappa shape index (κ2) is 7.10. The highest BCUT2D eigenvalue weighted by Gasteiger charge is 2.39. The van der Waals surface area contributed by atoms with Crippen molar-refractivity contribution in [1.29, 1.82) is 0 Å². The van der Waals surface area contributed by atoms with Gasteiger partial charge < -0.3 is 9.80 Å². The van der Waals surface area contributed by atoms with Gasteiger partial charge in [0.2, 0.25) is 5.91 Å². The van der Waals surface area contributed by atoms with Gasteiger partial charge in [-0.15, -0.1) is 0 Å². The smallest absolute Gasteiger partial charge is 0.241 e. The minimum Gasteiger partial charge on any atom is -0.325 e. The second-order valence-electron chi connectivity index (χ2n) is 5.67. The highest BCUT2D eigenvalue weighted by atomic mass is 16.2. The van der Waals surface area contributed by atoms with Crippen LogP contribution in [0.25, 0.3) is 0 Å². The zero-order valence-corrected chi connectivity index (χ0v) is 12.6. The number of nitrogens with one attached hydrogen (secondary N) is 1. The van der Waals surface area contributed by atoms with Gasteiger partial charge in [0.1, 0.15) is 0 Å². The number of hydrogen-bond acceptors (Lipinski definition) is 3. The Hall–Kier alpha value is -0.610. The lowest BCUT2D eigenvalue weighted by molar-refractivity contribution is -0.131. The molecule has 18 heavy (non-hydrogen) atoms. The van der Waals surface area contributed by atoms with E-state index in [1.54, 1.807) is 0 Å². The molecule has 0 aliphatic carbocycles. The van der Waals surface area contributed by atoms with Crippen molar-refractivity contribution < 1.29 is 4.79 Å². The summed E-state index contributed by atoms with van der Waals surface area (Å²) in [5.41, 5.74) is 0. The summed E-state index contributed by atoms with van der Waals surface area (Å²) in [4.78, 5) is 16.6. The maximum absolute atomic E-state index is 12.4. The van der Waals surface area contributed by atoms with Crippen LogP contribution in [0.1, 0.15) is 40.0 Å². The minimum atomic E-state index is 0.0220. The van der Waals surface area contributed by atoms with Crippen molar-refractivity contribution in [3.8, 4) is 0 Å². The molecule has 0 saturated carbocycles. The summed E-state index contributed by atoms with van der Waals surface area (Å²) in [5.74, 6) is 0.714. The van der Waals surface area contributed by atoms with Crippen molar-refractivity contribution in [2.75, 3.05) is 27.2 Å². The lowest BCUT2D eigenvalue weighted by Crippen LogP contribution is -2.41. The summed E-state index contributed by atoms with van der Waals surface area (Å²) in [6, 6.07) is 0.0220. The van der Waals surface area contributed by atoms with Gasteiger partial charge in [0, 0.05) is 13.1 Å². The predicted molar refractivity (Wildman–Crippen MR) is 75.3 cm³/mol. The molecule has 1 aliphatic rings. The molecule has 0 spiro atoms. The Morgan fingerprint density at radius 2 is 2.06 bits per heavy atom. The average Bonchev–Trinajstić information content (AvgIpc) is 2.63. The molecule has 1 rings (SSSR count). The molecule has 1 heterocycles. The van der Waals surface area contributed by atoms with Crippen LogP contribution in [0.2, 0.25) is 0 Å². The number of carbonyl (C=O) groups is 1. The number of nitrogens with zero attached hydrogens (tertiary/aromatic N) is 2. The molecule has 0 bridgehead atoms. The van der Waals surface area contributed by atoms with Crippen LogP contribution in [0.15, 0.2) is 0 Å². The first kappa shape index (κ1) is 15.4. The van der Waals surface area contributed by atoms with Crippen LogP contribution in [0, 0.1) is 5.92 Å². The Morgan fingerprint density at radius 1 is 1.39 bits per heavy atom. The Balaban J connectivity index is 2.68. The van der Waals surface area contributed by atoms with Crippen molar-refractivity contribution in [1.82, 2.24) is 15.1 Å². The van der Waals surface area contributed by atoms with Crippen molar-refractivity contribution in [2.24, 2.45) is 5.92 Å². The molecule has 3 unspecified atom stereocenters. The highest BCUT2D eigenvalue weighted by Crippen LogP contribution is 2.21. The zero-order chi connectivity index (χ0) is 13.7. The molecule has 106 valence electrons. The third kappa shape index (κ3) is 3.69. The van der Waals surface area contributed by atoms with E-state index in [-0.39, 0.29) is 12.2 Å². The van der Waals surface area contributed by atoms with Crippen LogP contribution in [0.5, 0.6) is 0 Å². The standard InChI is InChI=1S/C14H29N3O/c1-6-8-12-15-13(11(3)7-2)14(18)17(12)10-9-16(4)5/h11-13,15H,6-10H2,1-5H3. The Labute approximate surface area is 112 Å². The van der Waals surface area contributed by atoms with E-state index in [1.807, 2.05) is 4.90 Å². The average molecular weight is 255 g/mol. The van der Waals surface area contributed by atoms with Crippen molar-refractivity contribution >= 4 is 5.91 Å². The third-order valence-electron chi connectivity index (χ3n) is 3.86. The summed E-state index contributed by atoms with van der Waals surface area (Å²) in [5, 5.41) is 3.52. The summed E-state index contributed by atoms with van der Waals surface area (Å²) in [6.45, 7) is 8.25. The van der Waals surface area contributed by atoms with Crippen LogP contribution in [0.4, 0.5) is 0 Å². The number of carbonyl (C=O) groups excluding carboxylic acids is 1. The molecule has 4 nitrogen and oxygen atoms in total. The van der Waals surface area contributed by atoms with Gasteiger partial charge in [0.15, 0.2) is 0 Å². The van der Waals surface area contributed by atoms with Gasteiger partial charge in [-0.2, -0.15) is 0 Å². The topological polar surface area (TPSA) is 35.6 Å². The van der Waals surface area contributed by atoms with Crippen LogP contribution in [0.3, 0.4) is 0 Å². The van der Waals surface area contributed by atoms with Crippen LogP contribution >= 0.6 is 0 Å². The maximum atomic E-state index is 12.4. The fraction of sp³-hybridized carbons (Fsp3) is 0.929. The first-order valence-electron chi connectivity index (χ1n) is 7.22. The van der Waals surface area contributed by atoms with Crippen LogP contribution < -0.4 is 5.32 Å². The van der Waals surface area contributed by atoms with E-state index < -0.39 is 0 Å². The van der Waals surface area contributed by atoms with Gasteiger partial charge >= 0.3 is 0 Å². The largest absolute Gasteiger partial charge is 0.325 e. The molecule has 1 N–H and O–H groups in total. The molecule has 1 fully saturated rings. The molecule has 0 aromatic rings. The fourth-order valence-electron chi connectivity index (χ4n) is 2.43. The number of likely N-dealkylation sites (N-methyl/N-ethyl adjacent to an activating group) is 1. The number of hydrogen-bond donors (Lipinski definition) is 1. The van der Waals surface area contributed by atoms with Crippen LogP contribution in [-0.2, 0) is 4.79 Å². The van der Waals surface area contributed by atoms with Crippen molar-refractivity contribution in [3.63, 3.8) is 0 Å². The predicted octanol–water partition coefficient (Wildman–Crippen LogP) is 1.52. The zero-order valence-electron chi connectivity index (χ0n) is 12.6. The van der Waals surface area contributed by atoms with Gasteiger partial charge in [-0.3, -0.25) is 10.1 Å². The van der Waals surface area contributed by atoms with E-state index in [2.05, 4.69) is 45.1 Å². The van der Waals surface area contributed by atoms with E-state index in [0.717, 1.165) is 32.4 Å². The van der Waals surface area contributed by atoms with E-state index >= 15 is 0 Å². The Kier molecular flexibility index (Phi) is 6.09. The number of rotatable bonds is 7. The molecule has 0 aromatic carbocycles. The van der Waals surface area contributed by atoms with E-state index in [1.165, 1.54) is 0 Å². The quantitative estimate of drug-likeness (QED) is 0.749. The summed E-state index contributed by atoms with van der Waals surface area (Å²) in [6.07, 6.45) is 3.44. The monoisotopic (exact) mass is 255 g/mol. The normalized spacial score (nSPS) is 26.1. The van der Waals surface area contributed by atoms with Gasteiger partial charge in [-0.05, 0) is 26.4 Å². The molecule has 3 atom stereocenters. The molecule has 0 aromatic heterocycles. The lowest BCUT2D eigenvalue weighted by atomic mass is 9.99. The third-order valence-corrected chi connectivity index (χ3v) is 3.86. The molecule has 1 amide bonds. The Morgan fingerprint density at radius 3 is 2.56 bits per heavy atom. The first-order valence-corrected chi connectivity index (χ1v) is 7.22. The highest BCUT2D eigenvalue weighted by molar-refractivity contribution is 5.84. The SMILES string of the molecule is CCCC1NC(C(C)CC)C(=O)N1CCN(C)C. The fourth-order valence-corrected chi connectivity index (χ4v) is 2.43. The summed E-state index contributed by atoms with van der Waals surface area (Å²) in [7, 11) is 4.10. The van der Waals surface area contributed by atoms with E-state index in [0.29, 0.717) is 11.8 Å². The summed E-state index contributed by atoms with van der Waals surface area (Å²) < 4.78 is 0. The second-order valence-corrected chi connectivity index (χ2v) is 5.67. The maximum Gasteiger partial charge on any atom is 0.241 e. The van der Waals surface area contributed by atoms with Gasteiger partial charge in [-0.1, -0.05) is 33.6 Å². The number of amides is 1. The molecular weight excluding hydrogens is 226 g/mol. The van der Waals surface area contributed by atoms with Crippen LogP contribution in [-0.4, -0.2) is 55.1 Å². The van der Waals surface area contributed by atoms with Crippen molar-refractivity contribution in [2.45, 2.75) is 52.2 Å². The molecule has 1 saturated heterocycles. The minimum absolute atomic E-state index is 0.0220. The first-order chi connectivity index (χ1) is 8.51. The summed E-state index contributed by atoms with van der Waals surface area (Å²) >= 11 is 0. The van der Waals surface area contributed by atoms with E-state index in [4.69, 9.17) is 0 Å². The molecular formula is C14H29N3O. The molecule has 1 aliphatic heterocycles. The Bertz CT molecular complexity index is 268. The van der Waals surface area contributed by atoms with Gasteiger partial charge in [-0.25, -0.2) is 0 Å². The lowest BCUT2D eigenvalue weighted by Gasteiger charge is -2.25. The van der Waals surface area contributed by atoms with E-state index in [9.17, 15) is 4.79 Å². The van der Waals surface area contributed by atoms with Gasteiger partial charge in [0.05, 0.1) is 12.2 Å². The molecule has 0 radical (unpaired) electrons. The van der Waals surface area contributed by atoms with Gasteiger partial charge in [0.25, 0.3) is 0 Å². The molecule has 4 heteroatoms.